The maximum Gasteiger partial charge on any atom is 0.317 e. The number of nitrogens with zero attached hydrogens (tertiary/aromatic N) is 3. The van der Waals surface area contributed by atoms with E-state index in [4.69, 9.17) is 9.26 Å². The molecule has 0 bridgehead atoms. The van der Waals surface area contributed by atoms with Crippen LogP contribution in [0.4, 0.5) is 4.79 Å². The molecule has 0 radical (unpaired) electrons. The molecule has 0 aromatic carbocycles. The smallest absolute Gasteiger partial charge is 0.317 e. The van der Waals surface area contributed by atoms with Gasteiger partial charge < -0.3 is 19.5 Å². The molecule has 3 fully saturated rings. The van der Waals surface area contributed by atoms with Gasteiger partial charge in [0.2, 0.25) is 5.89 Å². The Labute approximate surface area is 167 Å². The lowest BCUT2D eigenvalue weighted by atomic mass is 9.78. The number of ether oxygens (including phenoxy) is 1. The number of hydrogen-bond acceptors (Lipinski definition) is 5. The Bertz CT molecular complexity index is 660. The number of nitrogens with one attached hydrogen (secondary N) is 1. The molecule has 2 aliphatic heterocycles. The molecular weight excluding hydrogens is 356 g/mol. The summed E-state index contributed by atoms with van der Waals surface area (Å²) >= 11 is 0. The van der Waals surface area contributed by atoms with E-state index in [2.05, 4.69) is 29.3 Å². The lowest BCUT2D eigenvalue weighted by Gasteiger charge is -2.46. The first-order chi connectivity index (χ1) is 13.5. The summed E-state index contributed by atoms with van der Waals surface area (Å²) in [7, 11) is 0. The highest BCUT2D eigenvalue weighted by molar-refractivity contribution is 5.74. The van der Waals surface area contributed by atoms with Crippen molar-refractivity contribution in [3.8, 4) is 0 Å². The van der Waals surface area contributed by atoms with Crippen LogP contribution >= 0.6 is 0 Å². The van der Waals surface area contributed by atoms with Crippen molar-refractivity contribution in [2.24, 2.45) is 5.92 Å². The summed E-state index contributed by atoms with van der Waals surface area (Å²) < 4.78 is 11.6. The Morgan fingerprint density at radius 1 is 1.25 bits per heavy atom. The predicted octanol–water partition coefficient (Wildman–Crippen LogP) is 3.65. The zero-order chi connectivity index (χ0) is 19.6. The van der Waals surface area contributed by atoms with Gasteiger partial charge in [-0.05, 0) is 44.4 Å². The number of rotatable bonds is 4. The number of carbonyl (C=O) groups is 1. The third-order valence-corrected chi connectivity index (χ3v) is 6.69. The van der Waals surface area contributed by atoms with Crippen LogP contribution in [0.25, 0.3) is 0 Å². The largest absolute Gasteiger partial charge is 0.375 e. The van der Waals surface area contributed by atoms with Gasteiger partial charge in [0.1, 0.15) is 0 Å². The van der Waals surface area contributed by atoms with Gasteiger partial charge in [-0.2, -0.15) is 4.98 Å². The molecule has 1 aromatic rings. The lowest BCUT2D eigenvalue weighted by molar-refractivity contribution is -0.123. The van der Waals surface area contributed by atoms with Crippen molar-refractivity contribution in [1.82, 2.24) is 20.4 Å². The van der Waals surface area contributed by atoms with E-state index < -0.39 is 0 Å². The Hall–Kier alpha value is -1.63. The van der Waals surface area contributed by atoms with Crippen LogP contribution in [0.15, 0.2) is 4.52 Å². The fourth-order valence-corrected chi connectivity index (χ4v) is 4.95. The highest BCUT2D eigenvalue weighted by Crippen LogP contribution is 2.38. The van der Waals surface area contributed by atoms with E-state index in [-0.39, 0.29) is 17.6 Å². The van der Waals surface area contributed by atoms with Crippen molar-refractivity contribution in [3.05, 3.63) is 11.7 Å². The molecular formula is C21H34N4O3. The first kappa shape index (κ1) is 19.7. The summed E-state index contributed by atoms with van der Waals surface area (Å²) in [6.07, 6.45) is 9.50. The molecule has 28 heavy (non-hydrogen) atoms. The molecule has 3 aliphatic rings. The van der Waals surface area contributed by atoms with Crippen LogP contribution < -0.4 is 5.32 Å². The van der Waals surface area contributed by atoms with E-state index in [0.29, 0.717) is 12.0 Å². The molecule has 1 N–H and O–H groups in total. The van der Waals surface area contributed by atoms with E-state index in [1.54, 1.807) is 0 Å². The molecule has 156 valence electrons. The molecule has 7 heteroatoms. The van der Waals surface area contributed by atoms with Gasteiger partial charge in [-0.3, -0.25) is 0 Å². The lowest BCUT2D eigenvalue weighted by Crippen LogP contribution is -2.54. The van der Waals surface area contributed by atoms with Crippen molar-refractivity contribution in [2.45, 2.75) is 89.2 Å². The van der Waals surface area contributed by atoms with Crippen molar-refractivity contribution >= 4 is 6.03 Å². The van der Waals surface area contributed by atoms with Crippen LogP contribution in [0.3, 0.4) is 0 Å². The SMILES string of the molecule is CC(C)c1nc(CC2CCOC3(CCN(C(=O)NC4CCCC4)CC3)C2)no1. The van der Waals surface area contributed by atoms with Gasteiger partial charge in [0.25, 0.3) is 0 Å². The predicted molar refractivity (Wildman–Crippen MR) is 105 cm³/mol. The van der Waals surface area contributed by atoms with Crippen molar-refractivity contribution < 1.29 is 14.1 Å². The number of hydrogen-bond donors (Lipinski definition) is 1. The molecule has 1 atom stereocenters. The molecule has 1 aliphatic carbocycles. The molecule has 4 rings (SSSR count). The topological polar surface area (TPSA) is 80.5 Å². The zero-order valence-corrected chi connectivity index (χ0v) is 17.3. The molecule has 1 unspecified atom stereocenters. The fourth-order valence-electron chi connectivity index (χ4n) is 4.95. The van der Waals surface area contributed by atoms with Crippen LogP contribution in [0.1, 0.15) is 82.8 Å². The van der Waals surface area contributed by atoms with Crippen LogP contribution in [-0.2, 0) is 11.2 Å². The number of amides is 2. The minimum atomic E-state index is -0.0856. The minimum absolute atomic E-state index is 0.0856. The number of likely N-dealkylation sites (tertiary alicyclic amines) is 1. The van der Waals surface area contributed by atoms with Crippen LogP contribution in [0.2, 0.25) is 0 Å². The molecule has 1 saturated carbocycles. The van der Waals surface area contributed by atoms with E-state index in [9.17, 15) is 4.79 Å². The fraction of sp³-hybridized carbons (Fsp3) is 0.857. The second-order valence-electron chi connectivity index (χ2n) is 9.22. The van der Waals surface area contributed by atoms with Crippen molar-refractivity contribution in [3.63, 3.8) is 0 Å². The Morgan fingerprint density at radius 3 is 2.68 bits per heavy atom. The van der Waals surface area contributed by atoms with Crippen LogP contribution in [0.5, 0.6) is 0 Å². The van der Waals surface area contributed by atoms with E-state index >= 15 is 0 Å². The summed E-state index contributed by atoms with van der Waals surface area (Å²) in [5, 5.41) is 7.37. The summed E-state index contributed by atoms with van der Waals surface area (Å²) in [5.74, 6) is 2.32. The number of carbonyl (C=O) groups excluding carboxylic acids is 1. The van der Waals surface area contributed by atoms with Crippen molar-refractivity contribution in [1.29, 1.82) is 0 Å². The van der Waals surface area contributed by atoms with Crippen molar-refractivity contribution in [2.75, 3.05) is 19.7 Å². The number of aromatic nitrogens is 2. The van der Waals surface area contributed by atoms with E-state index in [1.165, 1.54) is 12.8 Å². The summed E-state index contributed by atoms with van der Waals surface area (Å²) in [6.45, 7) is 6.48. The van der Waals surface area contributed by atoms with E-state index in [0.717, 1.165) is 76.4 Å². The molecule has 2 saturated heterocycles. The Morgan fingerprint density at radius 2 is 2.00 bits per heavy atom. The standard InChI is InChI=1S/C21H34N4O3/c1-15(2)19-23-18(24-28-19)13-16-7-12-27-21(14-16)8-10-25(11-9-21)20(26)22-17-5-3-4-6-17/h15-17H,3-14H2,1-2H3,(H,22,26). The van der Waals surface area contributed by atoms with Gasteiger partial charge in [0, 0.05) is 38.1 Å². The number of piperidine rings is 1. The van der Waals surface area contributed by atoms with Crippen LogP contribution in [-0.4, -0.2) is 52.4 Å². The maximum absolute atomic E-state index is 12.5. The normalized spacial score (nSPS) is 25.5. The first-order valence-electron chi connectivity index (χ1n) is 11.0. The van der Waals surface area contributed by atoms with Gasteiger partial charge in [0.15, 0.2) is 5.82 Å². The summed E-state index contributed by atoms with van der Waals surface area (Å²) in [6, 6.07) is 0.492. The van der Waals surface area contributed by atoms with Gasteiger partial charge in [-0.25, -0.2) is 4.79 Å². The zero-order valence-electron chi connectivity index (χ0n) is 17.3. The molecule has 2 amide bonds. The minimum Gasteiger partial charge on any atom is -0.375 e. The third-order valence-electron chi connectivity index (χ3n) is 6.69. The second-order valence-corrected chi connectivity index (χ2v) is 9.22. The Balaban J connectivity index is 1.28. The summed E-state index contributed by atoms with van der Waals surface area (Å²) in [5.41, 5.74) is -0.0856. The third kappa shape index (κ3) is 4.50. The monoisotopic (exact) mass is 390 g/mol. The molecule has 7 nitrogen and oxygen atoms in total. The number of urea groups is 1. The van der Waals surface area contributed by atoms with Gasteiger partial charge in [0.05, 0.1) is 5.60 Å². The maximum atomic E-state index is 12.5. The van der Waals surface area contributed by atoms with Gasteiger partial charge in [-0.15, -0.1) is 0 Å². The highest BCUT2D eigenvalue weighted by atomic mass is 16.5. The first-order valence-corrected chi connectivity index (χ1v) is 11.0. The van der Waals surface area contributed by atoms with E-state index in [1.807, 2.05) is 4.90 Å². The second kappa shape index (κ2) is 8.39. The molecule has 1 spiro atoms. The summed E-state index contributed by atoms with van der Waals surface area (Å²) in [4.78, 5) is 19.1. The quantitative estimate of drug-likeness (QED) is 0.849. The average molecular weight is 391 g/mol. The Kier molecular flexibility index (Phi) is 5.90. The average Bonchev–Trinajstić information content (AvgIpc) is 3.34. The van der Waals surface area contributed by atoms with Gasteiger partial charge in [-0.1, -0.05) is 31.8 Å². The highest BCUT2D eigenvalue weighted by Gasteiger charge is 2.41. The van der Waals surface area contributed by atoms with Gasteiger partial charge >= 0.3 is 6.03 Å². The molecule has 3 heterocycles. The molecule has 1 aromatic heterocycles. The van der Waals surface area contributed by atoms with Crippen LogP contribution in [0, 0.1) is 5.92 Å².